The van der Waals surface area contributed by atoms with Gasteiger partial charge >= 0.3 is 6.18 Å². The number of nitrogens with one attached hydrogen (secondary N) is 1. The number of alkyl halides is 3. The van der Waals surface area contributed by atoms with Crippen LogP contribution < -0.4 is 15.8 Å². The fourth-order valence-electron chi connectivity index (χ4n) is 4.90. The molecule has 3 aromatic rings. The van der Waals surface area contributed by atoms with Crippen LogP contribution in [0, 0.1) is 19.7 Å². The number of aromatic nitrogens is 2. The molecule has 0 saturated carbocycles. The number of fused-ring (bicyclic) bond motifs is 1. The fraction of sp³-hybridized carbons (Fsp3) is 0.462. The van der Waals surface area contributed by atoms with Gasteiger partial charge in [0.15, 0.2) is 0 Å². The summed E-state index contributed by atoms with van der Waals surface area (Å²) in [7, 11) is 2.09. The molecule has 4 rings (SSSR count). The number of hydrogen-bond acceptors (Lipinski definition) is 6. The number of nitrogen functional groups attached to an aromatic ring is 1. The van der Waals surface area contributed by atoms with Crippen LogP contribution in [0.2, 0.25) is 0 Å². The summed E-state index contributed by atoms with van der Waals surface area (Å²) in [6.45, 7) is 8.29. The normalized spacial score (nSPS) is 18.4. The molecule has 2 aromatic carbocycles. The molecule has 36 heavy (non-hydrogen) atoms. The number of nitrogens with zero attached hydrogens (tertiary/aromatic N) is 3. The molecule has 3 N–H and O–H groups in total. The zero-order valence-electron chi connectivity index (χ0n) is 21.0. The van der Waals surface area contributed by atoms with E-state index in [1.165, 1.54) is 6.07 Å². The minimum Gasteiger partial charge on any atom is -0.489 e. The van der Waals surface area contributed by atoms with Crippen molar-refractivity contribution in [2.75, 3.05) is 24.6 Å². The maximum absolute atomic E-state index is 14.9. The number of benzene rings is 2. The van der Waals surface area contributed by atoms with Gasteiger partial charge in [0, 0.05) is 22.7 Å². The zero-order chi connectivity index (χ0) is 26.4. The van der Waals surface area contributed by atoms with E-state index in [9.17, 15) is 17.6 Å². The molecule has 6 nitrogen and oxygen atoms in total. The molecule has 0 bridgehead atoms. The number of aryl methyl sites for hydroxylation is 2. The third kappa shape index (κ3) is 5.18. The topological polar surface area (TPSA) is 76.3 Å². The van der Waals surface area contributed by atoms with Crippen LogP contribution in [0.25, 0.3) is 10.9 Å². The smallest absolute Gasteiger partial charge is 0.419 e. The third-order valence-electron chi connectivity index (χ3n) is 6.78. The first-order chi connectivity index (χ1) is 16.8. The molecular formula is C26H31F4N5O. The van der Waals surface area contributed by atoms with E-state index in [2.05, 4.69) is 27.2 Å². The Morgan fingerprint density at radius 3 is 2.50 bits per heavy atom. The second kappa shape index (κ2) is 9.72. The van der Waals surface area contributed by atoms with Crippen LogP contribution in [0.4, 0.5) is 29.1 Å². The second-order valence-electron chi connectivity index (χ2n) is 9.60. The van der Waals surface area contributed by atoms with Crippen molar-refractivity contribution in [1.82, 2.24) is 14.9 Å². The number of rotatable bonds is 6. The number of ether oxygens (including phenoxy) is 1. The Morgan fingerprint density at radius 2 is 1.86 bits per heavy atom. The Hall–Kier alpha value is -3.14. The highest BCUT2D eigenvalue weighted by Crippen LogP contribution is 2.37. The van der Waals surface area contributed by atoms with Gasteiger partial charge in [-0.05, 0) is 84.0 Å². The van der Waals surface area contributed by atoms with Gasteiger partial charge in [-0.2, -0.15) is 13.2 Å². The Kier molecular flexibility index (Phi) is 7.01. The summed E-state index contributed by atoms with van der Waals surface area (Å²) in [5, 5.41) is 3.70. The van der Waals surface area contributed by atoms with Gasteiger partial charge < -0.3 is 15.8 Å². The van der Waals surface area contributed by atoms with E-state index in [-0.39, 0.29) is 17.4 Å². The molecule has 3 atom stereocenters. The highest BCUT2D eigenvalue weighted by atomic mass is 19.4. The van der Waals surface area contributed by atoms with Crippen LogP contribution in [0.3, 0.4) is 0 Å². The van der Waals surface area contributed by atoms with E-state index in [1.54, 1.807) is 13.8 Å². The Bertz CT molecular complexity index is 1280. The SMILES string of the molecule is Cc1nc(N[C@H](C)c2cc(N)cc(C(F)(F)F)c2F)c2cc(O[C@@H](C)[C@@H]3CCCN3C)c(C)cc2n1. The molecule has 1 aliphatic rings. The monoisotopic (exact) mass is 505 g/mol. The number of likely N-dealkylation sites (tertiary alicyclic amines) is 1. The minimum absolute atomic E-state index is 0.0440. The Morgan fingerprint density at radius 1 is 1.14 bits per heavy atom. The highest BCUT2D eigenvalue weighted by molar-refractivity contribution is 5.91. The summed E-state index contributed by atoms with van der Waals surface area (Å²) in [6.07, 6.45) is -2.72. The van der Waals surface area contributed by atoms with Crippen molar-refractivity contribution >= 4 is 22.4 Å². The van der Waals surface area contributed by atoms with Gasteiger partial charge in [-0.1, -0.05) is 0 Å². The fourth-order valence-corrected chi connectivity index (χ4v) is 4.90. The van der Waals surface area contributed by atoms with E-state index in [1.807, 2.05) is 26.0 Å². The lowest BCUT2D eigenvalue weighted by molar-refractivity contribution is -0.140. The molecule has 1 aromatic heterocycles. The Balaban J connectivity index is 1.70. The predicted octanol–water partition coefficient (Wildman–Crippen LogP) is 6.02. The van der Waals surface area contributed by atoms with Gasteiger partial charge in [-0.25, -0.2) is 14.4 Å². The largest absolute Gasteiger partial charge is 0.489 e. The summed E-state index contributed by atoms with van der Waals surface area (Å²) in [5.74, 6) is 0.153. The quantitative estimate of drug-likeness (QED) is 0.315. The average molecular weight is 506 g/mol. The van der Waals surface area contributed by atoms with Crippen LogP contribution in [-0.4, -0.2) is 40.6 Å². The first-order valence-electron chi connectivity index (χ1n) is 11.9. The van der Waals surface area contributed by atoms with Gasteiger partial charge in [-0.3, -0.25) is 4.90 Å². The molecule has 2 heterocycles. The zero-order valence-corrected chi connectivity index (χ0v) is 21.0. The molecule has 1 aliphatic heterocycles. The third-order valence-corrected chi connectivity index (χ3v) is 6.78. The number of halogens is 4. The molecule has 0 unspecified atom stereocenters. The van der Waals surface area contributed by atoms with E-state index >= 15 is 0 Å². The van der Waals surface area contributed by atoms with Crippen molar-refractivity contribution in [3.63, 3.8) is 0 Å². The molecule has 0 amide bonds. The summed E-state index contributed by atoms with van der Waals surface area (Å²) in [5.41, 5.74) is 5.46. The van der Waals surface area contributed by atoms with Gasteiger partial charge in [0.05, 0.1) is 17.1 Å². The predicted molar refractivity (Wildman–Crippen MR) is 133 cm³/mol. The van der Waals surface area contributed by atoms with Crippen molar-refractivity contribution in [2.24, 2.45) is 0 Å². The second-order valence-corrected chi connectivity index (χ2v) is 9.60. The number of anilines is 2. The first-order valence-corrected chi connectivity index (χ1v) is 11.9. The highest BCUT2D eigenvalue weighted by Gasteiger charge is 2.36. The molecule has 10 heteroatoms. The lowest BCUT2D eigenvalue weighted by Gasteiger charge is -2.27. The van der Waals surface area contributed by atoms with Crippen LogP contribution in [0.5, 0.6) is 5.75 Å². The number of likely N-dealkylation sites (N-methyl/N-ethyl adjacent to an activating group) is 1. The van der Waals surface area contributed by atoms with Gasteiger partial charge in [0.2, 0.25) is 0 Å². The summed E-state index contributed by atoms with van der Waals surface area (Å²) in [4.78, 5) is 11.3. The van der Waals surface area contributed by atoms with E-state index < -0.39 is 23.6 Å². The van der Waals surface area contributed by atoms with Crippen molar-refractivity contribution in [3.05, 3.63) is 52.6 Å². The summed E-state index contributed by atoms with van der Waals surface area (Å²) < 4.78 is 61.2. The minimum atomic E-state index is -4.86. The van der Waals surface area contributed by atoms with E-state index in [0.29, 0.717) is 40.4 Å². The Labute approximate surface area is 207 Å². The van der Waals surface area contributed by atoms with Crippen molar-refractivity contribution in [1.29, 1.82) is 0 Å². The molecule has 0 aliphatic carbocycles. The average Bonchev–Trinajstić information content (AvgIpc) is 3.21. The van der Waals surface area contributed by atoms with Crippen LogP contribution >= 0.6 is 0 Å². The molecule has 1 fully saturated rings. The van der Waals surface area contributed by atoms with Crippen molar-refractivity contribution < 1.29 is 22.3 Å². The lowest BCUT2D eigenvalue weighted by atomic mass is 10.0. The van der Waals surface area contributed by atoms with E-state index in [4.69, 9.17) is 10.5 Å². The summed E-state index contributed by atoms with van der Waals surface area (Å²) >= 11 is 0. The van der Waals surface area contributed by atoms with Crippen LogP contribution in [0.1, 0.15) is 55.2 Å². The van der Waals surface area contributed by atoms with Crippen molar-refractivity contribution in [3.8, 4) is 5.75 Å². The van der Waals surface area contributed by atoms with Crippen LogP contribution in [-0.2, 0) is 6.18 Å². The molecule has 1 saturated heterocycles. The molecule has 0 spiro atoms. The molecule has 0 radical (unpaired) electrons. The maximum Gasteiger partial charge on any atom is 0.419 e. The molecule has 194 valence electrons. The maximum atomic E-state index is 14.9. The van der Waals surface area contributed by atoms with Gasteiger partial charge in [0.25, 0.3) is 0 Å². The van der Waals surface area contributed by atoms with Crippen molar-refractivity contribution in [2.45, 2.75) is 64.9 Å². The standard InChI is InChI=1S/C26H31F4N5O/c1-13-9-21-19(12-23(13)36-15(3)22-7-6-8-35(22)5)25(34-16(4)33-21)32-14(2)18-10-17(31)11-20(24(18)27)26(28,29)30/h9-12,14-15,22H,6-8,31H2,1-5H3,(H,32,33,34)/t14-,15+,22+/m1/s1. The molecular weight excluding hydrogens is 474 g/mol. The summed E-state index contributed by atoms with van der Waals surface area (Å²) in [6, 6.07) is 4.98. The van der Waals surface area contributed by atoms with Crippen LogP contribution in [0.15, 0.2) is 24.3 Å². The van der Waals surface area contributed by atoms with Gasteiger partial charge in [-0.15, -0.1) is 0 Å². The first kappa shape index (κ1) is 25.9. The van der Waals surface area contributed by atoms with Gasteiger partial charge in [0.1, 0.15) is 29.3 Å². The van der Waals surface area contributed by atoms with E-state index in [0.717, 1.165) is 24.9 Å². The lowest BCUT2D eigenvalue weighted by Crippen LogP contribution is -2.38. The number of nitrogens with two attached hydrogens (primary N) is 1. The number of hydrogen-bond donors (Lipinski definition) is 2.